The zero-order chi connectivity index (χ0) is 41.0. The number of nitrogens with zero attached hydrogens (tertiary/aromatic N) is 2. The topological polar surface area (TPSA) is 25.8 Å². The van der Waals surface area contributed by atoms with Gasteiger partial charge in [0.2, 0.25) is 0 Å². The standard InChI is InChI=1S/C56H50N2S/c1-53(2,3)31-25-27-33-39(29-31)40-30-32(54(4,5)6)26-28-34(40)48-47(33)57-49-50(58-48)52(38-20-16-24-44-46(38)36-18-12-14-22-42(36)56(44,9)10)59-51(49)37-19-15-23-43-45(37)35-17-11-13-21-41(35)55(43,7)8/h11-30H,1-10H3. The Morgan fingerprint density at radius 2 is 0.763 bits per heavy atom. The van der Waals surface area contributed by atoms with Crippen LogP contribution in [-0.2, 0) is 21.7 Å². The Balaban J connectivity index is 1.31. The number of rotatable bonds is 2. The van der Waals surface area contributed by atoms with Gasteiger partial charge in [0.05, 0.1) is 20.8 Å². The van der Waals surface area contributed by atoms with Gasteiger partial charge in [-0.15, -0.1) is 11.3 Å². The first-order chi connectivity index (χ1) is 28.0. The summed E-state index contributed by atoms with van der Waals surface area (Å²) in [6.07, 6.45) is 0. The fourth-order valence-electron chi connectivity index (χ4n) is 10.5. The van der Waals surface area contributed by atoms with E-state index in [2.05, 4.69) is 191 Å². The number of hydrogen-bond donors (Lipinski definition) is 0. The molecule has 2 aliphatic carbocycles. The van der Waals surface area contributed by atoms with Crippen LogP contribution < -0.4 is 0 Å². The van der Waals surface area contributed by atoms with Crippen molar-refractivity contribution in [2.24, 2.45) is 0 Å². The summed E-state index contributed by atoms with van der Waals surface area (Å²) in [4.78, 5) is 14.1. The van der Waals surface area contributed by atoms with Crippen LogP contribution in [0.3, 0.4) is 0 Å². The predicted octanol–water partition coefficient (Wildman–Crippen LogP) is 15.7. The second-order valence-electron chi connectivity index (χ2n) is 20.2. The van der Waals surface area contributed by atoms with Gasteiger partial charge in [-0.3, -0.25) is 0 Å². The zero-order valence-electron chi connectivity index (χ0n) is 35.8. The molecule has 0 spiro atoms. The second-order valence-corrected chi connectivity index (χ2v) is 21.2. The minimum atomic E-state index is -0.114. The van der Waals surface area contributed by atoms with Crippen LogP contribution in [-0.4, -0.2) is 9.97 Å². The highest BCUT2D eigenvalue weighted by molar-refractivity contribution is 7.21. The molecule has 3 heteroatoms. The van der Waals surface area contributed by atoms with Crippen molar-refractivity contribution in [3.05, 3.63) is 155 Å². The average molecular weight is 783 g/mol. The van der Waals surface area contributed by atoms with E-state index < -0.39 is 0 Å². The van der Waals surface area contributed by atoms with E-state index in [0.717, 1.165) is 32.8 Å². The van der Waals surface area contributed by atoms with Crippen LogP contribution in [0.5, 0.6) is 0 Å². The Morgan fingerprint density at radius 3 is 1.17 bits per heavy atom. The summed E-state index contributed by atoms with van der Waals surface area (Å²) in [6, 6.07) is 45.9. The molecule has 0 atom stereocenters. The maximum absolute atomic E-state index is 5.87. The highest BCUT2D eigenvalue weighted by atomic mass is 32.1. The van der Waals surface area contributed by atoms with Gasteiger partial charge in [0.15, 0.2) is 0 Å². The van der Waals surface area contributed by atoms with Crippen molar-refractivity contribution >= 4 is 54.9 Å². The highest BCUT2D eigenvalue weighted by Crippen LogP contribution is 2.57. The van der Waals surface area contributed by atoms with Gasteiger partial charge in [0.1, 0.15) is 11.0 Å². The molecule has 0 amide bonds. The van der Waals surface area contributed by atoms with E-state index in [1.165, 1.54) is 87.3 Å². The minimum absolute atomic E-state index is 0.00303. The molecular formula is C56H50N2S. The fraction of sp³-hybridized carbons (Fsp3) is 0.250. The second kappa shape index (κ2) is 12.0. The fourth-order valence-corrected chi connectivity index (χ4v) is 11.7. The summed E-state index contributed by atoms with van der Waals surface area (Å²) < 4.78 is 0. The molecule has 0 unspecified atom stereocenters. The van der Waals surface area contributed by atoms with Gasteiger partial charge in [-0.2, -0.15) is 0 Å². The van der Waals surface area contributed by atoms with Gasteiger partial charge in [-0.25, -0.2) is 9.97 Å². The molecule has 0 saturated heterocycles. The van der Waals surface area contributed by atoms with E-state index in [9.17, 15) is 0 Å². The Kier molecular flexibility index (Phi) is 7.40. The molecule has 9 aromatic rings. The van der Waals surface area contributed by atoms with Gasteiger partial charge in [-0.1, -0.05) is 178 Å². The van der Waals surface area contributed by atoms with Gasteiger partial charge in [-0.05, 0) is 89.4 Å². The molecule has 0 saturated carbocycles. The van der Waals surface area contributed by atoms with E-state index in [1.54, 1.807) is 0 Å². The van der Waals surface area contributed by atoms with Crippen molar-refractivity contribution in [2.45, 2.75) is 90.9 Å². The third-order valence-corrected chi connectivity index (χ3v) is 15.0. The molecule has 290 valence electrons. The molecule has 0 bridgehead atoms. The van der Waals surface area contributed by atoms with Crippen molar-refractivity contribution in [1.29, 1.82) is 0 Å². The van der Waals surface area contributed by atoms with E-state index in [1.807, 2.05) is 11.3 Å². The molecular weight excluding hydrogens is 733 g/mol. The number of thiophene rings is 1. The molecule has 11 rings (SSSR count). The quantitative estimate of drug-likeness (QED) is 0.163. The van der Waals surface area contributed by atoms with Crippen LogP contribution in [0.2, 0.25) is 0 Å². The van der Waals surface area contributed by atoms with Crippen molar-refractivity contribution in [1.82, 2.24) is 9.97 Å². The molecule has 7 aromatic carbocycles. The highest BCUT2D eigenvalue weighted by Gasteiger charge is 2.39. The van der Waals surface area contributed by atoms with Crippen LogP contribution in [0.15, 0.2) is 121 Å². The first-order valence-corrected chi connectivity index (χ1v) is 22.0. The van der Waals surface area contributed by atoms with Gasteiger partial charge in [0, 0.05) is 32.7 Å². The smallest absolute Gasteiger partial charge is 0.109 e. The maximum atomic E-state index is 5.87. The molecule has 2 heterocycles. The van der Waals surface area contributed by atoms with Gasteiger partial charge in [0.25, 0.3) is 0 Å². The summed E-state index contributed by atoms with van der Waals surface area (Å²) >= 11 is 1.87. The van der Waals surface area contributed by atoms with Crippen molar-refractivity contribution in [3.63, 3.8) is 0 Å². The monoisotopic (exact) mass is 782 g/mol. The lowest BCUT2D eigenvalue weighted by atomic mass is 9.82. The Labute approximate surface area is 352 Å². The third kappa shape index (κ3) is 5.04. The number of aromatic nitrogens is 2. The van der Waals surface area contributed by atoms with Crippen molar-refractivity contribution < 1.29 is 0 Å². The van der Waals surface area contributed by atoms with E-state index >= 15 is 0 Å². The van der Waals surface area contributed by atoms with Crippen LogP contribution in [0.25, 0.3) is 86.7 Å². The van der Waals surface area contributed by atoms with Crippen LogP contribution in [0.4, 0.5) is 0 Å². The van der Waals surface area contributed by atoms with Crippen LogP contribution in [0, 0.1) is 0 Å². The lowest BCUT2D eigenvalue weighted by molar-refractivity contribution is 0.590. The minimum Gasteiger partial charge on any atom is -0.242 e. The van der Waals surface area contributed by atoms with Gasteiger partial charge < -0.3 is 0 Å². The summed E-state index contributed by atoms with van der Waals surface area (Å²) in [5, 5.41) is 4.79. The number of fused-ring (bicyclic) bond motifs is 13. The summed E-state index contributed by atoms with van der Waals surface area (Å²) in [5.74, 6) is 0. The molecule has 2 aromatic heterocycles. The lowest BCUT2D eigenvalue weighted by Gasteiger charge is -2.22. The summed E-state index contributed by atoms with van der Waals surface area (Å²) in [6.45, 7) is 23.3. The van der Waals surface area contributed by atoms with Crippen LogP contribution in [0.1, 0.15) is 103 Å². The SMILES string of the molecule is CC(C)(C)c1ccc2c(c1)c1cc(C(C)(C)C)ccc1c1nc3c(-c4cccc5c4-c4ccccc4C5(C)C)sc(-c4cccc5c4-c4ccccc4C5(C)C)c3nc21. The Morgan fingerprint density at radius 1 is 0.390 bits per heavy atom. The van der Waals surface area contributed by atoms with Crippen molar-refractivity contribution in [3.8, 4) is 43.1 Å². The molecule has 0 N–H and O–H groups in total. The Hall–Kier alpha value is -5.64. The summed E-state index contributed by atoms with van der Waals surface area (Å²) in [5.41, 5.74) is 19.5. The third-order valence-electron chi connectivity index (χ3n) is 13.8. The van der Waals surface area contributed by atoms with Crippen molar-refractivity contribution in [2.75, 3.05) is 0 Å². The molecule has 0 fully saturated rings. The van der Waals surface area contributed by atoms with E-state index in [0.29, 0.717) is 0 Å². The van der Waals surface area contributed by atoms with Crippen LogP contribution >= 0.6 is 11.3 Å². The molecule has 59 heavy (non-hydrogen) atoms. The van der Waals surface area contributed by atoms with E-state index in [-0.39, 0.29) is 21.7 Å². The Bertz CT molecular complexity index is 3070. The van der Waals surface area contributed by atoms with E-state index in [4.69, 9.17) is 9.97 Å². The number of benzene rings is 7. The lowest BCUT2D eigenvalue weighted by Crippen LogP contribution is -2.14. The first kappa shape index (κ1) is 36.4. The largest absolute Gasteiger partial charge is 0.242 e. The normalized spacial score (nSPS) is 15.2. The predicted molar refractivity (Wildman–Crippen MR) is 253 cm³/mol. The first-order valence-electron chi connectivity index (χ1n) is 21.2. The molecule has 2 nitrogen and oxygen atoms in total. The average Bonchev–Trinajstić information content (AvgIpc) is 3.79. The summed E-state index contributed by atoms with van der Waals surface area (Å²) in [7, 11) is 0. The molecule has 0 radical (unpaired) electrons. The maximum Gasteiger partial charge on any atom is 0.109 e. The zero-order valence-corrected chi connectivity index (χ0v) is 36.7. The molecule has 0 aliphatic heterocycles. The number of hydrogen-bond acceptors (Lipinski definition) is 3. The van der Waals surface area contributed by atoms with Gasteiger partial charge >= 0.3 is 0 Å². The molecule has 2 aliphatic rings.